The Morgan fingerprint density at radius 1 is 0.474 bits per heavy atom. The lowest BCUT2D eigenvalue weighted by molar-refractivity contribution is 0.463. The van der Waals surface area contributed by atoms with Crippen LogP contribution in [0.1, 0.15) is 67.5 Å². The van der Waals surface area contributed by atoms with Crippen molar-refractivity contribution in [2.45, 2.75) is 66.5 Å². The molecule has 0 saturated carbocycles. The van der Waals surface area contributed by atoms with E-state index in [0.717, 1.165) is 26.2 Å². The van der Waals surface area contributed by atoms with Gasteiger partial charge in [-0.3, -0.25) is 0 Å². The van der Waals surface area contributed by atoms with Crippen LogP contribution in [0, 0.1) is 41.5 Å². The average molecular weight is 505 g/mol. The minimum Gasteiger partial charge on any atom is -0.312 e. The monoisotopic (exact) mass is 504 g/mol. The zero-order chi connectivity index (χ0) is 27.1. The number of benzene rings is 4. The van der Waals surface area contributed by atoms with Gasteiger partial charge < -0.3 is 10.6 Å². The molecule has 38 heavy (non-hydrogen) atoms. The molecule has 0 spiro atoms. The molecule has 0 saturated heterocycles. The lowest BCUT2D eigenvalue weighted by Crippen LogP contribution is -2.32. The highest BCUT2D eigenvalue weighted by atomic mass is 14.9. The Balaban J connectivity index is 1.57. The third-order valence-corrected chi connectivity index (χ3v) is 7.95. The summed E-state index contributed by atoms with van der Waals surface area (Å²) in [4.78, 5) is 0. The first kappa shape index (κ1) is 27.8. The molecular formula is C36H44N2. The Morgan fingerprint density at radius 3 is 1.11 bits per heavy atom. The molecule has 4 aromatic rings. The number of hydrogen-bond acceptors (Lipinski definition) is 2. The van der Waals surface area contributed by atoms with E-state index in [2.05, 4.69) is 137 Å². The van der Waals surface area contributed by atoms with Crippen LogP contribution in [-0.4, -0.2) is 13.1 Å². The second kappa shape index (κ2) is 13.0. The highest BCUT2D eigenvalue weighted by molar-refractivity contribution is 5.38. The summed E-state index contributed by atoms with van der Waals surface area (Å²) in [6.45, 7) is 16.9. The van der Waals surface area contributed by atoms with E-state index in [9.17, 15) is 0 Å². The summed E-state index contributed by atoms with van der Waals surface area (Å²) in [5.74, 6) is 0.690. The van der Waals surface area contributed by atoms with Gasteiger partial charge in [0.05, 0.1) is 0 Å². The van der Waals surface area contributed by atoms with E-state index < -0.39 is 0 Å². The van der Waals surface area contributed by atoms with Crippen LogP contribution in [0.2, 0.25) is 0 Å². The Hall–Kier alpha value is -3.20. The van der Waals surface area contributed by atoms with E-state index >= 15 is 0 Å². The molecular weight excluding hydrogens is 460 g/mol. The Labute approximate surface area is 230 Å². The molecule has 0 amide bonds. The lowest BCUT2D eigenvalue weighted by Gasteiger charge is -2.29. The molecule has 2 N–H and O–H groups in total. The highest BCUT2D eigenvalue weighted by Gasteiger charge is 2.25. The zero-order valence-electron chi connectivity index (χ0n) is 24.1. The molecule has 0 aliphatic rings. The van der Waals surface area contributed by atoms with Crippen molar-refractivity contribution >= 4 is 0 Å². The molecule has 0 aromatic heterocycles. The SMILES string of the molecule is Cc1cc(C)c(CNC[C@@H](c2ccccc2)[C@@H](CNCc2c(C)cc(C)cc2C)c2ccccc2)c(C)c1. The van der Waals surface area contributed by atoms with Crippen molar-refractivity contribution in [3.05, 3.63) is 141 Å². The summed E-state index contributed by atoms with van der Waals surface area (Å²) < 4.78 is 0. The smallest absolute Gasteiger partial charge is 0.0211 e. The van der Waals surface area contributed by atoms with Crippen molar-refractivity contribution in [1.82, 2.24) is 10.6 Å². The third-order valence-electron chi connectivity index (χ3n) is 7.95. The summed E-state index contributed by atoms with van der Waals surface area (Å²) in [5.41, 5.74) is 13.8. The van der Waals surface area contributed by atoms with Gasteiger partial charge in [0.2, 0.25) is 0 Å². The summed E-state index contributed by atoms with van der Waals surface area (Å²) in [7, 11) is 0. The lowest BCUT2D eigenvalue weighted by atomic mass is 9.81. The summed E-state index contributed by atoms with van der Waals surface area (Å²) in [6, 6.07) is 31.3. The number of hydrogen-bond donors (Lipinski definition) is 2. The van der Waals surface area contributed by atoms with Crippen molar-refractivity contribution < 1.29 is 0 Å². The zero-order valence-corrected chi connectivity index (χ0v) is 24.1. The molecule has 0 aliphatic heterocycles. The van der Waals surface area contributed by atoms with Crippen molar-refractivity contribution in [3.8, 4) is 0 Å². The van der Waals surface area contributed by atoms with E-state index in [4.69, 9.17) is 0 Å². The fraction of sp³-hybridized carbons (Fsp3) is 0.333. The van der Waals surface area contributed by atoms with Crippen molar-refractivity contribution in [2.24, 2.45) is 0 Å². The van der Waals surface area contributed by atoms with E-state index in [0.29, 0.717) is 11.8 Å². The molecule has 2 heteroatoms. The van der Waals surface area contributed by atoms with Gasteiger partial charge in [0, 0.05) is 38.0 Å². The third kappa shape index (κ3) is 7.01. The van der Waals surface area contributed by atoms with Crippen molar-refractivity contribution in [1.29, 1.82) is 0 Å². The first-order valence-corrected chi connectivity index (χ1v) is 14.0. The standard InChI is InChI=1S/C36H44N2/c1-25-17-27(3)33(28(4)18-25)21-37-23-35(31-13-9-7-10-14-31)36(32-15-11-8-12-16-32)24-38-22-34-29(5)19-26(2)20-30(34)6/h7-20,35-38H,21-24H2,1-6H3/t35-,36-/m0/s1. The molecule has 0 aliphatic carbocycles. The molecule has 2 atom stereocenters. The number of aryl methyl sites for hydroxylation is 6. The normalized spacial score (nSPS) is 12.9. The van der Waals surface area contributed by atoms with Crippen LogP contribution >= 0.6 is 0 Å². The van der Waals surface area contributed by atoms with Gasteiger partial charge in [0.25, 0.3) is 0 Å². The van der Waals surface area contributed by atoms with Crippen LogP contribution in [-0.2, 0) is 13.1 Å². The molecule has 2 nitrogen and oxygen atoms in total. The van der Waals surface area contributed by atoms with Gasteiger partial charge in [0.15, 0.2) is 0 Å². The van der Waals surface area contributed by atoms with Gasteiger partial charge in [-0.25, -0.2) is 0 Å². The fourth-order valence-corrected chi connectivity index (χ4v) is 6.07. The molecule has 4 aromatic carbocycles. The van der Waals surface area contributed by atoms with Crippen molar-refractivity contribution in [3.63, 3.8) is 0 Å². The topological polar surface area (TPSA) is 24.1 Å². The Morgan fingerprint density at radius 2 is 0.789 bits per heavy atom. The first-order valence-electron chi connectivity index (χ1n) is 14.0. The Bertz CT molecular complexity index is 1170. The maximum Gasteiger partial charge on any atom is 0.0211 e. The maximum atomic E-state index is 3.86. The number of nitrogens with one attached hydrogen (secondary N) is 2. The quantitative estimate of drug-likeness (QED) is 0.216. The van der Waals surface area contributed by atoms with Gasteiger partial charge >= 0.3 is 0 Å². The summed E-state index contributed by atoms with van der Waals surface area (Å²) in [6.07, 6.45) is 0. The highest BCUT2D eigenvalue weighted by Crippen LogP contribution is 2.33. The van der Waals surface area contributed by atoms with Gasteiger partial charge in [0.1, 0.15) is 0 Å². The second-order valence-electron chi connectivity index (χ2n) is 11.1. The van der Waals surface area contributed by atoms with Crippen LogP contribution in [0.15, 0.2) is 84.9 Å². The van der Waals surface area contributed by atoms with E-state index in [1.165, 1.54) is 55.6 Å². The molecule has 0 fully saturated rings. The van der Waals surface area contributed by atoms with Gasteiger partial charge in [-0.2, -0.15) is 0 Å². The maximum absolute atomic E-state index is 3.86. The van der Waals surface area contributed by atoms with E-state index in [1.807, 2.05) is 0 Å². The fourth-order valence-electron chi connectivity index (χ4n) is 6.07. The predicted octanol–water partition coefficient (Wildman–Crippen LogP) is 7.98. The van der Waals surface area contributed by atoms with Gasteiger partial charge in [-0.05, 0) is 86.1 Å². The molecule has 0 radical (unpaired) electrons. The van der Waals surface area contributed by atoms with Crippen LogP contribution in [0.5, 0.6) is 0 Å². The molecule has 0 bridgehead atoms. The molecule has 0 heterocycles. The van der Waals surface area contributed by atoms with Crippen LogP contribution in [0.4, 0.5) is 0 Å². The minimum absolute atomic E-state index is 0.345. The largest absolute Gasteiger partial charge is 0.312 e. The van der Waals surface area contributed by atoms with E-state index in [1.54, 1.807) is 0 Å². The molecule has 0 unspecified atom stereocenters. The summed E-state index contributed by atoms with van der Waals surface area (Å²) >= 11 is 0. The van der Waals surface area contributed by atoms with Crippen LogP contribution < -0.4 is 10.6 Å². The average Bonchev–Trinajstić information content (AvgIpc) is 2.88. The van der Waals surface area contributed by atoms with Gasteiger partial charge in [-0.1, -0.05) is 96.1 Å². The Kier molecular flexibility index (Phi) is 9.55. The predicted molar refractivity (Wildman–Crippen MR) is 163 cm³/mol. The van der Waals surface area contributed by atoms with Crippen molar-refractivity contribution in [2.75, 3.05) is 13.1 Å². The van der Waals surface area contributed by atoms with Gasteiger partial charge in [-0.15, -0.1) is 0 Å². The second-order valence-corrected chi connectivity index (χ2v) is 11.1. The summed E-state index contributed by atoms with van der Waals surface area (Å²) in [5, 5.41) is 7.71. The molecule has 198 valence electrons. The minimum atomic E-state index is 0.345. The molecule has 4 rings (SSSR count). The van der Waals surface area contributed by atoms with Crippen LogP contribution in [0.3, 0.4) is 0 Å². The van der Waals surface area contributed by atoms with Crippen LogP contribution in [0.25, 0.3) is 0 Å². The van der Waals surface area contributed by atoms with E-state index in [-0.39, 0.29) is 0 Å². The first-order chi connectivity index (χ1) is 18.3. The number of rotatable bonds is 11.